The lowest BCUT2D eigenvalue weighted by atomic mass is 9.79. The largest absolute Gasteiger partial charge is 0.497 e. The average Bonchev–Trinajstić information content (AvgIpc) is 2.90. The van der Waals surface area contributed by atoms with Crippen LogP contribution in [0.3, 0.4) is 0 Å². The van der Waals surface area contributed by atoms with Crippen LogP contribution >= 0.6 is 0 Å². The summed E-state index contributed by atoms with van der Waals surface area (Å²) in [6.07, 6.45) is 5.04. The second-order valence-electron chi connectivity index (χ2n) is 10.1. The van der Waals surface area contributed by atoms with Gasteiger partial charge in [-0.1, -0.05) is 12.1 Å². The van der Waals surface area contributed by atoms with Crippen LogP contribution in [0.4, 0.5) is 8.78 Å². The minimum Gasteiger partial charge on any atom is -0.497 e. The number of carboxylic acids is 1. The number of carboxylic acid groups (broad SMARTS) is 1. The zero-order valence-electron chi connectivity index (χ0n) is 21.4. The number of ether oxygens (including phenoxy) is 1. The Labute approximate surface area is 217 Å². The summed E-state index contributed by atoms with van der Waals surface area (Å²) in [5, 5.41) is 10.0. The number of pyridine rings is 1. The van der Waals surface area contributed by atoms with Crippen LogP contribution in [0.25, 0.3) is 10.9 Å². The molecule has 1 fully saturated rings. The van der Waals surface area contributed by atoms with Gasteiger partial charge in [0.25, 0.3) is 0 Å². The van der Waals surface area contributed by atoms with E-state index in [1.807, 2.05) is 24.3 Å². The van der Waals surface area contributed by atoms with E-state index in [0.29, 0.717) is 30.1 Å². The van der Waals surface area contributed by atoms with Gasteiger partial charge < -0.3 is 14.7 Å². The number of halogens is 2. The van der Waals surface area contributed by atoms with E-state index in [4.69, 9.17) is 4.74 Å². The topological polar surface area (TPSA) is 62.7 Å². The summed E-state index contributed by atoms with van der Waals surface area (Å²) >= 11 is 0. The smallest absolute Gasteiger partial charge is 0.303 e. The maximum absolute atomic E-state index is 15.5. The molecule has 198 valence electrons. The van der Waals surface area contributed by atoms with E-state index >= 15 is 4.39 Å². The molecule has 0 saturated carbocycles. The number of aromatic nitrogens is 1. The third-order valence-electron chi connectivity index (χ3n) is 7.64. The monoisotopic (exact) mass is 510 g/mol. The van der Waals surface area contributed by atoms with E-state index in [0.717, 1.165) is 61.8 Å². The van der Waals surface area contributed by atoms with E-state index < -0.39 is 12.1 Å². The summed E-state index contributed by atoms with van der Waals surface area (Å²) in [4.78, 5) is 18.0. The van der Waals surface area contributed by atoms with E-state index in [1.54, 1.807) is 31.5 Å². The number of alkyl halides is 1. The molecule has 4 rings (SSSR count). The Morgan fingerprint density at radius 3 is 2.84 bits per heavy atom. The summed E-state index contributed by atoms with van der Waals surface area (Å²) in [5.41, 5.74) is 2.36. The van der Waals surface area contributed by atoms with Crippen molar-refractivity contribution in [1.29, 1.82) is 0 Å². The SMILES string of the molecule is COc1ccc2nccc(C(F)CC[C@@H]3CCN(CCCc4cccc(F)c4)C[C@@H]3CCC(=O)O)c2c1. The van der Waals surface area contributed by atoms with Crippen LogP contribution in [-0.2, 0) is 11.2 Å². The summed E-state index contributed by atoms with van der Waals surface area (Å²) < 4.78 is 34.3. The van der Waals surface area contributed by atoms with Crippen molar-refractivity contribution in [2.45, 2.75) is 51.1 Å². The number of benzene rings is 2. The molecule has 2 aromatic carbocycles. The maximum Gasteiger partial charge on any atom is 0.303 e. The summed E-state index contributed by atoms with van der Waals surface area (Å²) in [7, 11) is 1.59. The first-order valence-electron chi connectivity index (χ1n) is 13.2. The normalized spacial score (nSPS) is 19.1. The van der Waals surface area contributed by atoms with Crippen LogP contribution in [0.1, 0.15) is 55.8 Å². The molecule has 1 aromatic heterocycles. The molecule has 5 nitrogen and oxygen atoms in total. The first-order valence-corrected chi connectivity index (χ1v) is 13.2. The standard InChI is InChI=1S/C30H36F2N2O3/c1-37-25-9-11-29-27(19-25)26(13-15-33-29)28(32)10-7-22-14-17-34(20-23(22)8-12-30(35)36)16-3-5-21-4-2-6-24(31)18-21/h2,4,6,9,11,13,15,18-19,22-23,28H,3,5,7-8,10,12,14,16-17,20H2,1H3,(H,35,36)/t22-,23+,28?/m1/s1. The third kappa shape index (κ3) is 7.48. The fourth-order valence-electron chi connectivity index (χ4n) is 5.64. The highest BCUT2D eigenvalue weighted by Crippen LogP contribution is 2.36. The van der Waals surface area contributed by atoms with Gasteiger partial charge >= 0.3 is 5.97 Å². The van der Waals surface area contributed by atoms with Gasteiger partial charge in [-0.2, -0.15) is 0 Å². The highest BCUT2D eigenvalue weighted by Gasteiger charge is 2.30. The van der Waals surface area contributed by atoms with Crippen LogP contribution in [-0.4, -0.2) is 47.7 Å². The molecule has 37 heavy (non-hydrogen) atoms. The van der Waals surface area contributed by atoms with Gasteiger partial charge in [-0.15, -0.1) is 0 Å². The molecule has 3 aromatic rings. The number of hydrogen-bond acceptors (Lipinski definition) is 4. The summed E-state index contributed by atoms with van der Waals surface area (Å²) in [6.45, 7) is 2.64. The molecule has 1 saturated heterocycles. The van der Waals surface area contributed by atoms with Gasteiger partial charge in [0.15, 0.2) is 0 Å². The molecule has 0 spiro atoms. The zero-order valence-corrected chi connectivity index (χ0v) is 21.4. The molecule has 0 amide bonds. The fourth-order valence-corrected chi connectivity index (χ4v) is 5.64. The van der Waals surface area contributed by atoms with Crippen LogP contribution in [0, 0.1) is 17.7 Å². The van der Waals surface area contributed by atoms with Crippen LogP contribution in [0.2, 0.25) is 0 Å². The van der Waals surface area contributed by atoms with Crippen LogP contribution in [0.15, 0.2) is 54.7 Å². The lowest BCUT2D eigenvalue weighted by molar-refractivity contribution is -0.137. The van der Waals surface area contributed by atoms with Crippen molar-refractivity contribution in [3.63, 3.8) is 0 Å². The summed E-state index contributed by atoms with van der Waals surface area (Å²) in [5.74, 6) is 0.187. The Bertz CT molecular complexity index is 1190. The van der Waals surface area contributed by atoms with Crippen molar-refractivity contribution < 1.29 is 23.4 Å². The first-order chi connectivity index (χ1) is 17.9. The van der Waals surface area contributed by atoms with Gasteiger partial charge in [0, 0.05) is 24.5 Å². The molecule has 0 bridgehead atoms. The predicted molar refractivity (Wildman–Crippen MR) is 141 cm³/mol. The maximum atomic E-state index is 15.5. The number of likely N-dealkylation sites (tertiary alicyclic amines) is 1. The molecule has 0 aliphatic carbocycles. The van der Waals surface area contributed by atoms with Crippen LogP contribution < -0.4 is 4.74 Å². The Kier molecular flexibility index (Phi) is 9.45. The Morgan fingerprint density at radius 1 is 1.19 bits per heavy atom. The quantitative estimate of drug-likeness (QED) is 0.297. The molecule has 3 atom stereocenters. The Morgan fingerprint density at radius 2 is 2.05 bits per heavy atom. The lowest BCUT2D eigenvalue weighted by Crippen LogP contribution is -2.41. The second-order valence-corrected chi connectivity index (χ2v) is 10.1. The average molecular weight is 511 g/mol. The molecule has 0 radical (unpaired) electrons. The number of aliphatic carboxylic acids is 1. The van der Waals surface area contributed by atoms with Crippen molar-refractivity contribution >= 4 is 16.9 Å². The van der Waals surface area contributed by atoms with Gasteiger partial charge in [-0.25, -0.2) is 8.78 Å². The van der Waals surface area contributed by atoms with E-state index in [-0.39, 0.29) is 18.2 Å². The minimum atomic E-state index is -1.12. The molecule has 2 heterocycles. The van der Waals surface area contributed by atoms with E-state index in [2.05, 4.69) is 9.88 Å². The number of aryl methyl sites for hydroxylation is 1. The summed E-state index contributed by atoms with van der Waals surface area (Å²) in [6, 6.07) is 14.0. The first kappa shape index (κ1) is 27.0. The van der Waals surface area contributed by atoms with Crippen molar-refractivity contribution in [3.05, 3.63) is 71.7 Å². The van der Waals surface area contributed by atoms with Gasteiger partial charge in [0.05, 0.1) is 12.6 Å². The minimum absolute atomic E-state index is 0.131. The third-order valence-corrected chi connectivity index (χ3v) is 7.64. The van der Waals surface area contributed by atoms with Gasteiger partial charge in [-0.05, 0) is 111 Å². The number of carbonyl (C=O) groups is 1. The van der Waals surface area contributed by atoms with Crippen molar-refractivity contribution in [2.24, 2.45) is 11.8 Å². The highest BCUT2D eigenvalue weighted by atomic mass is 19.1. The number of fused-ring (bicyclic) bond motifs is 1. The molecule has 1 aliphatic rings. The Balaban J connectivity index is 1.35. The van der Waals surface area contributed by atoms with Crippen molar-refractivity contribution in [1.82, 2.24) is 9.88 Å². The van der Waals surface area contributed by atoms with E-state index in [9.17, 15) is 14.3 Å². The Hall–Kier alpha value is -3.06. The molecule has 1 aliphatic heterocycles. The van der Waals surface area contributed by atoms with E-state index in [1.165, 1.54) is 6.07 Å². The van der Waals surface area contributed by atoms with Gasteiger partial charge in [-0.3, -0.25) is 9.78 Å². The van der Waals surface area contributed by atoms with Crippen molar-refractivity contribution in [3.8, 4) is 5.75 Å². The second kappa shape index (κ2) is 13.0. The molecule has 1 unspecified atom stereocenters. The molecular weight excluding hydrogens is 474 g/mol. The predicted octanol–water partition coefficient (Wildman–Crippen LogP) is 6.61. The number of piperidine rings is 1. The van der Waals surface area contributed by atoms with Gasteiger partial charge in [0.2, 0.25) is 0 Å². The fraction of sp³-hybridized carbons (Fsp3) is 0.467. The number of rotatable bonds is 12. The number of hydrogen-bond donors (Lipinski definition) is 1. The molecule has 7 heteroatoms. The molecule has 1 N–H and O–H groups in total. The zero-order chi connectivity index (χ0) is 26.2. The van der Waals surface area contributed by atoms with Crippen molar-refractivity contribution in [2.75, 3.05) is 26.7 Å². The highest BCUT2D eigenvalue weighted by molar-refractivity contribution is 5.83. The molecular formula is C30H36F2N2O3. The van der Waals surface area contributed by atoms with Crippen LogP contribution in [0.5, 0.6) is 5.75 Å². The number of methoxy groups -OCH3 is 1. The number of nitrogens with zero attached hydrogens (tertiary/aromatic N) is 2. The van der Waals surface area contributed by atoms with Gasteiger partial charge in [0.1, 0.15) is 17.7 Å². The lowest BCUT2D eigenvalue weighted by Gasteiger charge is -2.39.